The Morgan fingerprint density at radius 1 is 1.41 bits per heavy atom. The fourth-order valence-corrected chi connectivity index (χ4v) is 2.23. The Bertz CT molecular complexity index is 506. The van der Waals surface area contributed by atoms with Crippen molar-refractivity contribution in [3.8, 4) is 0 Å². The first-order valence-corrected chi connectivity index (χ1v) is 6.37. The second-order valence-electron chi connectivity index (χ2n) is 3.76. The maximum Gasteiger partial charge on any atom is 0.0901 e. The summed E-state index contributed by atoms with van der Waals surface area (Å²) >= 11 is 1.67. The molecule has 0 fully saturated rings. The highest BCUT2D eigenvalue weighted by molar-refractivity contribution is 7.09. The number of aromatic nitrogens is 1. The highest BCUT2D eigenvalue weighted by Crippen LogP contribution is 2.22. The van der Waals surface area contributed by atoms with Crippen molar-refractivity contribution in [3.05, 3.63) is 57.8 Å². The van der Waals surface area contributed by atoms with E-state index in [0.29, 0.717) is 0 Å². The molecule has 3 heteroatoms. The summed E-state index contributed by atoms with van der Waals surface area (Å²) in [6, 6.07) is 0. The Labute approximate surface area is 106 Å². The van der Waals surface area contributed by atoms with Gasteiger partial charge >= 0.3 is 0 Å². The molecule has 2 nitrogen and oxygen atoms in total. The molecule has 0 spiro atoms. The van der Waals surface area contributed by atoms with Crippen LogP contribution in [0.25, 0.3) is 6.08 Å². The van der Waals surface area contributed by atoms with Crippen LogP contribution in [-0.2, 0) is 4.74 Å². The molecule has 1 aliphatic rings. The molecule has 0 aliphatic heterocycles. The number of thiazole rings is 1. The second-order valence-corrected chi connectivity index (χ2v) is 4.82. The van der Waals surface area contributed by atoms with Crippen LogP contribution in [0.15, 0.2) is 47.1 Å². The van der Waals surface area contributed by atoms with Gasteiger partial charge < -0.3 is 4.74 Å². The quantitative estimate of drug-likeness (QED) is 0.754. The smallest absolute Gasteiger partial charge is 0.0901 e. The van der Waals surface area contributed by atoms with E-state index >= 15 is 0 Å². The van der Waals surface area contributed by atoms with Crippen LogP contribution in [0.2, 0.25) is 0 Å². The molecule has 2 rings (SSSR count). The molecular formula is C14H15NOS. The zero-order valence-electron chi connectivity index (χ0n) is 10.0. The molecule has 0 N–H and O–H groups in total. The number of hydrogen-bond acceptors (Lipinski definition) is 3. The Kier molecular flexibility index (Phi) is 3.94. The predicted octanol–water partition coefficient (Wildman–Crippen LogP) is 3.88. The fraction of sp³-hybridized carbons (Fsp3) is 0.214. The maximum absolute atomic E-state index is 5.08. The minimum atomic E-state index is 0.917. The van der Waals surface area contributed by atoms with Crippen molar-refractivity contribution in [1.82, 2.24) is 4.98 Å². The second kappa shape index (κ2) is 5.64. The van der Waals surface area contributed by atoms with Crippen LogP contribution in [-0.4, -0.2) is 12.1 Å². The number of methoxy groups -OCH3 is 1. The van der Waals surface area contributed by atoms with E-state index in [-0.39, 0.29) is 0 Å². The monoisotopic (exact) mass is 245 g/mol. The Morgan fingerprint density at radius 2 is 2.29 bits per heavy atom. The van der Waals surface area contributed by atoms with E-state index in [4.69, 9.17) is 4.74 Å². The van der Waals surface area contributed by atoms with Gasteiger partial charge in [-0.25, -0.2) is 4.98 Å². The topological polar surface area (TPSA) is 22.1 Å². The zero-order valence-corrected chi connectivity index (χ0v) is 10.8. The van der Waals surface area contributed by atoms with Crippen LogP contribution in [0, 0.1) is 6.92 Å². The molecule has 0 atom stereocenters. The van der Waals surface area contributed by atoms with E-state index in [9.17, 15) is 0 Å². The molecule has 0 saturated carbocycles. The summed E-state index contributed by atoms with van der Waals surface area (Å²) in [4.78, 5) is 4.40. The number of hydrogen-bond donors (Lipinski definition) is 0. The van der Waals surface area contributed by atoms with Crippen molar-refractivity contribution in [2.45, 2.75) is 13.3 Å². The third-order valence-corrected chi connectivity index (χ3v) is 3.24. The molecule has 1 aliphatic carbocycles. The number of aryl methyl sites for hydroxylation is 1. The molecule has 1 heterocycles. The van der Waals surface area contributed by atoms with Crippen molar-refractivity contribution >= 4 is 17.4 Å². The number of allylic oxidation sites excluding steroid dienone is 6. The van der Waals surface area contributed by atoms with Gasteiger partial charge in [0.05, 0.1) is 24.1 Å². The van der Waals surface area contributed by atoms with Gasteiger partial charge in [-0.05, 0) is 30.6 Å². The van der Waals surface area contributed by atoms with E-state index in [1.165, 1.54) is 11.1 Å². The van der Waals surface area contributed by atoms with Gasteiger partial charge in [0.25, 0.3) is 0 Å². The molecule has 17 heavy (non-hydrogen) atoms. The fourth-order valence-electron chi connectivity index (χ4n) is 1.64. The molecule has 0 unspecified atom stereocenters. The summed E-state index contributed by atoms with van der Waals surface area (Å²) in [6.45, 7) is 2.01. The van der Waals surface area contributed by atoms with Gasteiger partial charge in [-0.1, -0.05) is 24.3 Å². The Hall–Kier alpha value is -1.61. The van der Waals surface area contributed by atoms with Crippen LogP contribution in [0.3, 0.4) is 0 Å². The lowest BCUT2D eigenvalue weighted by molar-refractivity contribution is 0.334. The lowest BCUT2D eigenvalue weighted by Gasteiger charge is -2.08. The standard InChI is InChI=1S/C14H15NOS/c1-11-15-14(10-17-11)8-7-12-5-3-4-6-13(12)9-16-2/h3-5,7-10H,6H2,1-2H3/b8-7?,13-9-. The van der Waals surface area contributed by atoms with Crippen molar-refractivity contribution in [2.24, 2.45) is 0 Å². The predicted molar refractivity (Wildman–Crippen MR) is 72.8 cm³/mol. The molecule has 1 aromatic rings. The third kappa shape index (κ3) is 3.17. The molecule has 1 aromatic heterocycles. The lowest BCUT2D eigenvalue weighted by atomic mass is 9.99. The third-order valence-electron chi connectivity index (χ3n) is 2.45. The zero-order chi connectivity index (χ0) is 12.1. The van der Waals surface area contributed by atoms with Gasteiger partial charge in [-0.2, -0.15) is 0 Å². The highest BCUT2D eigenvalue weighted by atomic mass is 32.1. The molecule has 0 saturated heterocycles. The van der Waals surface area contributed by atoms with E-state index < -0.39 is 0 Å². The van der Waals surface area contributed by atoms with Crippen molar-refractivity contribution in [1.29, 1.82) is 0 Å². The maximum atomic E-state index is 5.08. The van der Waals surface area contributed by atoms with Gasteiger partial charge in [0, 0.05) is 5.38 Å². The molecule has 0 aromatic carbocycles. The molecular weight excluding hydrogens is 230 g/mol. The SMILES string of the molecule is CO/C=C1/CC=CC=C1C=Cc1csc(C)n1. The number of rotatable bonds is 3. The normalized spacial score (nSPS) is 17.8. The summed E-state index contributed by atoms with van der Waals surface area (Å²) < 4.78 is 5.08. The van der Waals surface area contributed by atoms with Gasteiger partial charge in [0.1, 0.15) is 0 Å². The minimum Gasteiger partial charge on any atom is -0.504 e. The summed E-state index contributed by atoms with van der Waals surface area (Å²) in [6.07, 6.45) is 13.1. The largest absolute Gasteiger partial charge is 0.504 e. The van der Waals surface area contributed by atoms with E-state index in [0.717, 1.165) is 17.1 Å². The van der Waals surface area contributed by atoms with Crippen LogP contribution in [0.5, 0.6) is 0 Å². The van der Waals surface area contributed by atoms with Gasteiger partial charge in [0.15, 0.2) is 0 Å². The van der Waals surface area contributed by atoms with E-state index in [1.54, 1.807) is 24.7 Å². The summed E-state index contributed by atoms with van der Waals surface area (Å²) in [5, 5.41) is 3.15. The van der Waals surface area contributed by atoms with Crippen molar-refractivity contribution < 1.29 is 4.74 Å². The van der Waals surface area contributed by atoms with Crippen LogP contribution in [0.1, 0.15) is 17.1 Å². The number of ether oxygens (including phenoxy) is 1. The van der Waals surface area contributed by atoms with Gasteiger partial charge in [-0.15, -0.1) is 11.3 Å². The summed E-state index contributed by atoms with van der Waals surface area (Å²) in [5.41, 5.74) is 3.39. The molecule has 0 bridgehead atoms. The van der Waals surface area contributed by atoms with E-state index in [1.807, 2.05) is 13.0 Å². The van der Waals surface area contributed by atoms with Crippen molar-refractivity contribution in [3.63, 3.8) is 0 Å². The van der Waals surface area contributed by atoms with E-state index in [2.05, 4.69) is 34.7 Å². The van der Waals surface area contributed by atoms with Gasteiger partial charge in [-0.3, -0.25) is 0 Å². The number of nitrogens with zero attached hydrogens (tertiary/aromatic N) is 1. The average molecular weight is 245 g/mol. The summed E-state index contributed by atoms with van der Waals surface area (Å²) in [7, 11) is 1.68. The van der Waals surface area contributed by atoms with Crippen LogP contribution < -0.4 is 0 Å². The van der Waals surface area contributed by atoms with Gasteiger partial charge in [0.2, 0.25) is 0 Å². The first-order valence-electron chi connectivity index (χ1n) is 5.49. The minimum absolute atomic E-state index is 0.917. The molecule has 0 radical (unpaired) electrons. The molecule has 88 valence electrons. The van der Waals surface area contributed by atoms with Crippen LogP contribution >= 0.6 is 11.3 Å². The van der Waals surface area contributed by atoms with Crippen LogP contribution in [0.4, 0.5) is 0 Å². The molecule has 0 amide bonds. The summed E-state index contributed by atoms with van der Waals surface area (Å²) in [5.74, 6) is 0. The Balaban J connectivity index is 2.16. The first kappa shape index (κ1) is 11.9. The first-order chi connectivity index (χ1) is 8.29. The average Bonchev–Trinajstić information content (AvgIpc) is 2.74. The Morgan fingerprint density at radius 3 is 3.00 bits per heavy atom. The van der Waals surface area contributed by atoms with Crippen molar-refractivity contribution in [2.75, 3.05) is 7.11 Å². The highest BCUT2D eigenvalue weighted by Gasteiger charge is 2.04. The lowest BCUT2D eigenvalue weighted by Crippen LogP contribution is -1.91.